The molecule has 3 aliphatic rings. The van der Waals surface area contributed by atoms with E-state index in [9.17, 15) is 9.90 Å². The van der Waals surface area contributed by atoms with Crippen molar-refractivity contribution in [2.45, 2.75) is 31.2 Å². The summed E-state index contributed by atoms with van der Waals surface area (Å²) in [6.07, 6.45) is 3.92. The first-order valence-electron chi connectivity index (χ1n) is 8.91. The molecule has 0 saturated heterocycles. The van der Waals surface area contributed by atoms with Crippen LogP contribution in [0.15, 0.2) is 48.5 Å². The van der Waals surface area contributed by atoms with Gasteiger partial charge in [-0.15, -0.1) is 0 Å². The van der Waals surface area contributed by atoms with Gasteiger partial charge in [0.15, 0.2) is 0 Å². The van der Waals surface area contributed by atoms with Crippen LogP contribution in [0.5, 0.6) is 0 Å². The van der Waals surface area contributed by atoms with Crippen LogP contribution in [-0.2, 0) is 0 Å². The number of fused-ring (bicyclic) bond motifs is 7. The predicted molar refractivity (Wildman–Crippen MR) is 93.3 cm³/mol. The van der Waals surface area contributed by atoms with Gasteiger partial charge < -0.3 is 10.4 Å². The highest BCUT2D eigenvalue weighted by Gasteiger charge is 2.54. The van der Waals surface area contributed by atoms with Gasteiger partial charge in [0.2, 0.25) is 0 Å². The molecule has 2 aromatic carbocycles. The number of aromatic carboxylic acids is 1. The predicted octanol–water partition coefficient (Wildman–Crippen LogP) is 4.68. The largest absolute Gasteiger partial charge is 0.478 e. The number of nitrogens with one attached hydrogen (secondary N) is 1. The lowest BCUT2D eigenvalue weighted by Gasteiger charge is -2.44. The molecule has 122 valence electrons. The number of carboxylic acid groups (broad SMARTS) is 1. The van der Waals surface area contributed by atoms with Gasteiger partial charge in [0.1, 0.15) is 0 Å². The molecule has 1 heterocycles. The van der Waals surface area contributed by atoms with Gasteiger partial charge in [-0.1, -0.05) is 42.5 Å². The molecule has 1 aliphatic heterocycles. The van der Waals surface area contributed by atoms with Gasteiger partial charge in [0.05, 0.1) is 17.3 Å². The monoisotopic (exact) mass is 319 g/mol. The molecule has 0 amide bonds. The molecule has 2 aliphatic carbocycles. The van der Waals surface area contributed by atoms with E-state index in [0.717, 1.165) is 17.5 Å². The molecule has 2 fully saturated rings. The highest BCUT2D eigenvalue weighted by molar-refractivity contribution is 5.95. The molecule has 0 unspecified atom stereocenters. The van der Waals surface area contributed by atoms with Gasteiger partial charge in [-0.3, -0.25) is 0 Å². The van der Waals surface area contributed by atoms with Crippen LogP contribution in [0, 0.1) is 17.8 Å². The van der Waals surface area contributed by atoms with Crippen LogP contribution in [0.2, 0.25) is 0 Å². The van der Waals surface area contributed by atoms with Crippen molar-refractivity contribution in [1.29, 1.82) is 0 Å². The SMILES string of the molecule is O=C(O)c1cccc2c1N[C@H](c1ccccc1)[C@H]1[C@H]3CC[C@@H](C3)[C@@H]21. The maximum atomic E-state index is 11.7. The summed E-state index contributed by atoms with van der Waals surface area (Å²) in [7, 11) is 0. The molecular weight excluding hydrogens is 298 g/mol. The summed E-state index contributed by atoms with van der Waals surface area (Å²) in [5.41, 5.74) is 3.78. The van der Waals surface area contributed by atoms with Crippen LogP contribution >= 0.6 is 0 Å². The smallest absolute Gasteiger partial charge is 0.337 e. The first-order chi connectivity index (χ1) is 11.7. The highest BCUT2D eigenvalue weighted by atomic mass is 16.4. The van der Waals surface area contributed by atoms with Crippen molar-refractivity contribution in [3.8, 4) is 0 Å². The average molecular weight is 319 g/mol. The molecule has 2 saturated carbocycles. The quantitative estimate of drug-likeness (QED) is 0.845. The minimum absolute atomic E-state index is 0.222. The Morgan fingerprint density at radius 1 is 1.00 bits per heavy atom. The van der Waals surface area contributed by atoms with E-state index in [1.807, 2.05) is 12.1 Å². The fourth-order valence-corrected chi connectivity index (χ4v) is 5.68. The van der Waals surface area contributed by atoms with E-state index in [1.54, 1.807) is 6.07 Å². The van der Waals surface area contributed by atoms with Crippen LogP contribution in [0.3, 0.4) is 0 Å². The van der Waals surface area contributed by atoms with Gasteiger partial charge in [-0.05, 0) is 60.1 Å². The summed E-state index contributed by atoms with van der Waals surface area (Å²) in [5.74, 6) is 1.73. The second-order valence-electron chi connectivity index (χ2n) is 7.54. The normalized spacial score (nSPS) is 32.8. The van der Waals surface area contributed by atoms with Crippen LogP contribution < -0.4 is 5.32 Å². The summed E-state index contributed by atoms with van der Waals surface area (Å²) in [4.78, 5) is 11.7. The van der Waals surface area contributed by atoms with Gasteiger partial charge >= 0.3 is 5.97 Å². The molecule has 0 spiro atoms. The van der Waals surface area contributed by atoms with Crippen molar-refractivity contribution < 1.29 is 9.90 Å². The maximum absolute atomic E-state index is 11.7. The van der Waals surface area contributed by atoms with Gasteiger partial charge in [-0.25, -0.2) is 4.79 Å². The van der Waals surface area contributed by atoms with E-state index in [1.165, 1.54) is 30.4 Å². The Morgan fingerprint density at radius 2 is 1.79 bits per heavy atom. The fourth-order valence-electron chi connectivity index (χ4n) is 5.68. The Kier molecular flexibility index (Phi) is 2.99. The standard InChI is InChI=1S/C21H21NO2/c23-21(24)16-8-4-7-15-17-13-9-10-14(11-13)18(17)19(22-20(15)16)12-5-2-1-3-6-12/h1-8,13-14,17-19,22H,9-11H2,(H,23,24)/t13-,14-,17-,18-,19+/m0/s1. The number of hydrogen-bond acceptors (Lipinski definition) is 2. The zero-order valence-corrected chi connectivity index (χ0v) is 13.5. The molecule has 2 aromatic rings. The first-order valence-corrected chi connectivity index (χ1v) is 8.91. The summed E-state index contributed by atoms with van der Waals surface area (Å²) < 4.78 is 0. The van der Waals surface area contributed by atoms with Crippen molar-refractivity contribution in [2.75, 3.05) is 5.32 Å². The van der Waals surface area contributed by atoms with Crippen molar-refractivity contribution in [3.63, 3.8) is 0 Å². The molecule has 0 radical (unpaired) electrons. The Hall–Kier alpha value is -2.29. The fraction of sp³-hybridized carbons (Fsp3) is 0.381. The second kappa shape index (κ2) is 5.10. The van der Waals surface area contributed by atoms with Crippen LogP contribution in [0.4, 0.5) is 5.69 Å². The molecular formula is C21H21NO2. The average Bonchev–Trinajstić information content (AvgIpc) is 3.23. The number of hydrogen-bond donors (Lipinski definition) is 2. The van der Waals surface area contributed by atoms with E-state index < -0.39 is 5.97 Å². The zero-order valence-electron chi connectivity index (χ0n) is 13.5. The number of benzene rings is 2. The first kappa shape index (κ1) is 14.1. The van der Waals surface area contributed by atoms with E-state index in [4.69, 9.17) is 0 Å². The zero-order chi connectivity index (χ0) is 16.3. The van der Waals surface area contributed by atoms with Crippen molar-refractivity contribution in [1.82, 2.24) is 0 Å². The van der Waals surface area contributed by atoms with Gasteiger partial charge in [0, 0.05) is 0 Å². The number of rotatable bonds is 2. The molecule has 2 bridgehead atoms. The van der Waals surface area contributed by atoms with Crippen molar-refractivity contribution >= 4 is 11.7 Å². The Balaban J connectivity index is 1.69. The van der Waals surface area contributed by atoms with Gasteiger partial charge in [0.25, 0.3) is 0 Å². The molecule has 5 atom stereocenters. The van der Waals surface area contributed by atoms with Crippen LogP contribution in [-0.4, -0.2) is 11.1 Å². The maximum Gasteiger partial charge on any atom is 0.337 e. The second-order valence-corrected chi connectivity index (χ2v) is 7.54. The topological polar surface area (TPSA) is 49.3 Å². The molecule has 2 N–H and O–H groups in total. The van der Waals surface area contributed by atoms with E-state index in [0.29, 0.717) is 17.4 Å². The summed E-state index contributed by atoms with van der Waals surface area (Å²) >= 11 is 0. The lowest BCUT2D eigenvalue weighted by Crippen LogP contribution is -2.36. The number of carbonyl (C=O) groups is 1. The van der Waals surface area contributed by atoms with E-state index in [2.05, 4.69) is 35.6 Å². The third-order valence-electron chi connectivity index (χ3n) is 6.51. The Labute approximate surface area is 141 Å². The van der Waals surface area contributed by atoms with Crippen LogP contribution in [0.1, 0.15) is 52.7 Å². The highest BCUT2D eigenvalue weighted by Crippen LogP contribution is 2.63. The Morgan fingerprint density at radius 3 is 2.58 bits per heavy atom. The minimum atomic E-state index is -0.840. The number of carboxylic acids is 1. The molecule has 3 heteroatoms. The van der Waals surface area contributed by atoms with Crippen molar-refractivity contribution in [3.05, 3.63) is 65.2 Å². The van der Waals surface area contributed by atoms with E-state index >= 15 is 0 Å². The number of para-hydroxylation sites is 1. The molecule has 5 rings (SSSR count). The lowest BCUT2D eigenvalue weighted by molar-refractivity contribution is 0.0697. The summed E-state index contributed by atoms with van der Waals surface area (Å²) in [5, 5.41) is 13.3. The van der Waals surface area contributed by atoms with Gasteiger partial charge in [-0.2, -0.15) is 0 Å². The summed E-state index contributed by atoms with van der Waals surface area (Å²) in [6, 6.07) is 16.6. The molecule has 0 aromatic heterocycles. The van der Waals surface area contributed by atoms with Crippen LogP contribution in [0.25, 0.3) is 0 Å². The third kappa shape index (κ3) is 1.87. The minimum Gasteiger partial charge on any atom is -0.478 e. The molecule has 24 heavy (non-hydrogen) atoms. The van der Waals surface area contributed by atoms with E-state index in [-0.39, 0.29) is 6.04 Å². The Bertz CT molecular complexity index is 801. The summed E-state index contributed by atoms with van der Waals surface area (Å²) in [6.45, 7) is 0. The lowest BCUT2D eigenvalue weighted by atomic mass is 9.67. The number of anilines is 1. The van der Waals surface area contributed by atoms with Crippen molar-refractivity contribution in [2.24, 2.45) is 17.8 Å². The third-order valence-corrected chi connectivity index (χ3v) is 6.51. The molecule has 3 nitrogen and oxygen atoms in total.